The van der Waals surface area contributed by atoms with Gasteiger partial charge in [-0.25, -0.2) is 4.98 Å². The number of aromatic nitrogens is 3. The molecule has 0 saturated heterocycles. The zero-order chi connectivity index (χ0) is 20.4. The quantitative estimate of drug-likeness (QED) is 0.553. The molecule has 0 atom stereocenters. The van der Waals surface area contributed by atoms with Crippen molar-refractivity contribution in [2.24, 2.45) is 7.05 Å². The number of anilines is 1. The molecule has 0 fully saturated rings. The Bertz CT molecular complexity index is 973. The van der Waals surface area contributed by atoms with Gasteiger partial charge in [0.15, 0.2) is 5.13 Å². The molecule has 0 bridgehead atoms. The fraction of sp³-hybridized carbons (Fsp3) is 0.476. The van der Waals surface area contributed by atoms with E-state index in [0.29, 0.717) is 12.2 Å². The number of fused-ring (bicyclic) bond motifs is 1. The van der Waals surface area contributed by atoms with E-state index < -0.39 is 0 Å². The van der Waals surface area contributed by atoms with Crippen molar-refractivity contribution in [2.75, 3.05) is 31.1 Å². The summed E-state index contributed by atoms with van der Waals surface area (Å²) in [6.45, 7) is 13.7. The molecule has 1 amide bonds. The van der Waals surface area contributed by atoms with Crippen LogP contribution in [0.25, 0.3) is 10.2 Å². The van der Waals surface area contributed by atoms with Crippen LogP contribution in [0, 0.1) is 20.8 Å². The average Bonchev–Trinajstić information content (AvgIpc) is 3.25. The molecule has 1 aromatic carbocycles. The zero-order valence-corrected chi connectivity index (χ0v) is 19.7. The molecule has 158 valence electrons. The second kappa shape index (κ2) is 9.69. The van der Waals surface area contributed by atoms with Gasteiger partial charge < -0.3 is 4.90 Å². The Kier molecular flexibility index (Phi) is 7.80. The van der Waals surface area contributed by atoms with Crippen molar-refractivity contribution < 1.29 is 4.79 Å². The Labute approximate surface area is 182 Å². The predicted molar refractivity (Wildman–Crippen MR) is 124 cm³/mol. The molecule has 2 aromatic heterocycles. The van der Waals surface area contributed by atoms with Gasteiger partial charge in [-0.1, -0.05) is 31.3 Å². The zero-order valence-electron chi connectivity index (χ0n) is 18.0. The standard InChI is InChI=1S/C21H29N5OS.ClH/c1-7-25(8-2)11-12-26(20(27)19-15(4)13-22-24(19)6)21-23-18-16(5)14(3)9-10-17(18)28-21;/h9-10,13H,7-8,11-12H2,1-6H3;1H. The fourth-order valence-electron chi connectivity index (χ4n) is 3.38. The average molecular weight is 436 g/mol. The number of thiazole rings is 1. The molecule has 0 saturated carbocycles. The number of nitrogens with zero attached hydrogens (tertiary/aromatic N) is 5. The first-order valence-electron chi connectivity index (χ1n) is 9.76. The number of rotatable bonds is 7. The highest BCUT2D eigenvalue weighted by Crippen LogP contribution is 2.32. The van der Waals surface area contributed by atoms with E-state index in [1.165, 1.54) is 11.1 Å². The Morgan fingerprint density at radius 1 is 1.10 bits per heavy atom. The van der Waals surface area contributed by atoms with Crippen LogP contribution < -0.4 is 4.90 Å². The van der Waals surface area contributed by atoms with Gasteiger partial charge in [0.2, 0.25) is 0 Å². The smallest absolute Gasteiger partial charge is 0.278 e. The van der Waals surface area contributed by atoms with Crippen molar-refractivity contribution in [1.29, 1.82) is 0 Å². The molecule has 3 rings (SSSR count). The summed E-state index contributed by atoms with van der Waals surface area (Å²) >= 11 is 1.58. The van der Waals surface area contributed by atoms with E-state index in [-0.39, 0.29) is 18.3 Å². The Morgan fingerprint density at radius 2 is 1.79 bits per heavy atom. The number of carbonyl (C=O) groups is 1. The van der Waals surface area contributed by atoms with Crippen LogP contribution in [0.4, 0.5) is 5.13 Å². The lowest BCUT2D eigenvalue weighted by Crippen LogP contribution is -2.39. The van der Waals surface area contributed by atoms with Gasteiger partial charge in [-0.3, -0.25) is 14.4 Å². The molecule has 0 unspecified atom stereocenters. The lowest BCUT2D eigenvalue weighted by molar-refractivity contribution is 0.0974. The molecule has 2 heterocycles. The summed E-state index contributed by atoms with van der Waals surface area (Å²) < 4.78 is 2.77. The second-order valence-corrected chi connectivity index (χ2v) is 8.14. The first-order valence-corrected chi connectivity index (χ1v) is 10.6. The lowest BCUT2D eigenvalue weighted by Gasteiger charge is -2.25. The molecule has 0 N–H and O–H groups in total. The van der Waals surface area contributed by atoms with Crippen LogP contribution in [0.5, 0.6) is 0 Å². The molecule has 0 spiro atoms. The number of aryl methyl sites for hydroxylation is 4. The van der Waals surface area contributed by atoms with Gasteiger partial charge >= 0.3 is 0 Å². The van der Waals surface area contributed by atoms with Gasteiger partial charge in [0, 0.05) is 20.1 Å². The summed E-state index contributed by atoms with van der Waals surface area (Å²) in [5, 5.41) is 5.00. The number of carbonyl (C=O) groups excluding carboxylic acids is 1. The van der Waals surface area contributed by atoms with E-state index in [9.17, 15) is 4.79 Å². The predicted octanol–water partition coefficient (Wildman–Crippen LogP) is 4.37. The molecular weight excluding hydrogens is 406 g/mol. The van der Waals surface area contributed by atoms with Gasteiger partial charge in [-0.15, -0.1) is 12.4 Å². The first kappa shape index (κ1) is 23.3. The number of hydrogen-bond donors (Lipinski definition) is 0. The van der Waals surface area contributed by atoms with Crippen molar-refractivity contribution in [3.05, 3.63) is 40.7 Å². The maximum Gasteiger partial charge on any atom is 0.278 e. The minimum atomic E-state index is -0.0434. The molecule has 0 aliphatic heterocycles. The summed E-state index contributed by atoms with van der Waals surface area (Å²) in [4.78, 5) is 22.5. The van der Waals surface area contributed by atoms with Crippen molar-refractivity contribution in [3.8, 4) is 0 Å². The van der Waals surface area contributed by atoms with Crippen LogP contribution in [0.15, 0.2) is 18.3 Å². The van der Waals surface area contributed by atoms with Crippen molar-refractivity contribution in [3.63, 3.8) is 0 Å². The van der Waals surface area contributed by atoms with E-state index in [0.717, 1.165) is 40.5 Å². The minimum Gasteiger partial charge on any atom is -0.302 e. The molecule has 6 nitrogen and oxygen atoms in total. The monoisotopic (exact) mass is 435 g/mol. The second-order valence-electron chi connectivity index (χ2n) is 7.13. The van der Waals surface area contributed by atoms with Gasteiger partial charge in [0.05, 0.1) is 16.4 Å². The largest absolute Gasteiger partial charge is 0.302 e. The summed E-state index contributed by atoms with van der Waals surface area (Å²) in [6, 6.07) is 4.22. The Balaban J connectivity index is 0.00000300. The summed E-state index contributed by atoms with van der Waals surface area (Å²) in [7, 11) is 1.81. The van der Waals surface area contributed by atoms with Gasteiger partial charge in [-0.05, 0) is 56.6 Å². The minimum absolute atomic E-state index is 0. The van der Waals surface area contributed by atoms with Gasteiger partial charge in [0.1, 0.15) is 5.69 Å². The van der Waals surface area contributed by atoms with E-state index in [2.05, 4.69) is 49.8 Å². The fourth-order valence-corrected chi connectivity index (χ4v) is 4.43. The number of likely N-dealkylation sites (N-methyl/N-ethyl adjacent to an activating group) is 1. The van der Waals surface area contributed by atoms with Crippen molar-refractivity contribution in [2.45, 2.75) is 34.6 Å². The molecule has 0 radical (unpaired) electrons. The summed E-state index contributed by atoms with van der Waals surface area (Å²) in [5.41, 5.74) is 4.88. The normalized spacial score (nSPS) is 11.1. The topological polar surface area (TPSA) is 54.3 Å². The number of benzene rings is 1. The third kappa shape index (κ3) is 4.63. The number of halogens is 1. The molecule has 3 aromatic rings. The van der Waals surface area contributed by atoms with E-state index >= 15 is 0 Å². The maximum atomic E-state index is 13.5. The van der Waals surface area contributed by atoms with Gasteiger partial charge in [-0.2, -0.15) is 5.10 Å². The highest BCUT2D eigenvalue weighted by atomic mass is 35.5. The highest BCUT2D eigenvalue weighted by molar-refractivity contribution is 7.22. The number of hydrogen-bond acceptors (Lipinski definition) is 5. The third-order valence-corrected chi connectivity index (χ3v) is 6.45. The lowest BCUT2D eigenvalue weighted by atomic mass is 10.1. The van der Waals surface area contributed by atoms with E-state index in [1.807, 2.05) is 18.9 Å². The summed E-state index contributed by atoms with van der Waals surface area (Å²) in [6.07, 6.45) is 1.74. The van der Waals surface area contributed by atoms with Crippen LogP contribution in [-0.2, 0) is 7.05 Å². The van der Waals surface area contributed by atoms with Crippen LogP contribution in [0.3, 0.4) is 0 Å². The molecule has 8 heteroatoms. The maximum absolute atomic E-state index is 13.5. The molecule has 29 heavy (non-hydrogen) atoms. The van der Waals surface area contributed by atoms with Crippen LogP contribution in [0.2, 0.25) is 0 Å². The third-order valence-electron chi connectivity index (χ3n) is 5.41. The van der Waals surface area contributed by atoms with Gasteiger partial charge in [0.25, 0.3) is 5.91 Å². The van der Waals surface area contributed by atoms with E-state index in [4.69, 9.17) is 4.98 Å². The van der Waals surface area contributed by atoms with Crippen LogP contribution >= 0.6 is 23.7 Å². The summed E-state index contributed by atoms with van der Waals surface area (Å²) in [5.74, 6) is -0.0434. The van der Waals surface area contributed by atoms with Crippen LogP contribution in [0.1, 0.15) is 41.0 Å². The molecule has 0 aliphatic rings. The molecular formula is C21H30ClN5OS. The number of amides is 1. The molecule has 0 aliphatic carbocycles. The Morgan fingerprint density at radius 3 is 2.38 bits per heavy atom. The SMILES string of the molecule is CCN(CC)CCN(C(=O)c1c(C)cnn1C)c1nc2c(C)c(C)ccc2s1.Cl. The Hall–Kier alpha value is -1.96. The van der Waals surface area contributed by atoms with Crippen molar-refractivity contribution in [1.82, 2.24) is 19.7 Å². The highest BCUT2D eigenvalue weighted by Gasteiger charge is 2.26. The van der Waals surface area contributed by atoms with Crippen LogP contribution in [-0.4, -0.2) is 51.8 Å². The first-order chi connectivity index (χ1) is 13.4. The van der Waals surface area contributed by atoms with Crippen molar-refractivity contribution >= 4 is 45.0 Å². The van der Waals surface area contributed by atoms with E-state index in [1.54, 1.807) is 22.2 Å².